The maximum Gasteiger partial charge on any atom is 0.134 e. The van der Waals surface area contributed by atoms with Crippen molar-refractivity contribution in [3.63, 3.8) is 0 Å². The van der Waals surface area contributed by atoms with Crippen LogP contribution < -0.4 is 0 Å². The zero-order valence-corrected chi connectivity index (χ0v) is 16.1. The van der Waals surface area contributed by atoms with Gasteiger partial charge in [0.05, 0.1) is 18.5 Å². The maximum atomic E-state index is 13.5. The van der Waals surface area contributed by atoms with Crippen LogP contribution in [0.2, 0.25) is 0 Å². The van der Waals surface area contributed by atoms with E-state index in [9.17, 15) is 4.39 Å². The van der Waals surface area contributed by atoms with Gasteiger partial charge < -0.3 is 14.1 Å². The molecule has 0 unspecified atom stereocenters. The molecule has 0 bridgehead atoms. The largest absolute Gasteiger partial charge is 0.464 e. The van der Waals surface area contributed by atoms with Crippen molar-refractivity contribution < 1.29 is 13.5 Å². The molecule has 28 heavy (non-hydrogen) atoms. The summed E-state index contributed by atoms with van der Waals surface area (Å²) in [4.78, 5) is 2.56. The Morgan fingerprint density at radius 3 is 2.79 bits per heavy atom. The molecule has 146 valence electrons. The Morgan fingerprint density at radius 2 is 1.89 bits per heavy atom. The Labute approximate surface area is 165 Å². The van der Waals surface area contributed by atoms with E-state index in [-0.39, 0.29) is 11.4 Å². The van der Waals surface area contributed by atoms with E-state index in [1.807, 2.05) is 0 Å². The molecule has 3 nitrogen and oxygen atoms in total. The average Bonchev–Trinajstić information content (AvgIpc) is 3.29. The molecule has 3 heterocycles. The Balaban J connectivity index is 1.12. The van der Waals surface area contributed by atoms with E-state index in [0.717, 1.165) is 74.9 Å². The van der Waals surface area contributed by atoms with Crippen LogP contribution in [0.4, 0.5) is 4.39 Å². The molecule has 1 fully saturated rings. The number of hydrogen-bond donors (Lipinski definition) is 0. The van der Waals surface area contributed by atoms with Crippen molar-refractivity contribution in [2.75, 3.05) is 19.6 Å². The van der Waals surface area contributed by atoms with E-state index in [4.69, 9.17) is 9.15 Å². The fourth-order valence-corrected chi connectivity index (χ4v) is 4.83. The summed E-state index contributed by atoms with van der Waals surface area (Å²) in [6.07, 6.45) is 7.11. The summed E-state index contributed by atoms with van der Waals surface area (Å²) in [6.45, 7) is 4.06. The molecular formula is C24H26FNO2. The first-order valence-corrected chi connectivity index (χ1v) is 10.3. The number of halogens is 1. The van der Waals surface area contributed by atoms with Crippen LogP contribution in [0.1, 0.15) is 42.4 Å². The molecule has 0 N–H and O–H groups in total. The molecule has 1 saturated heterocycles. The van der Waals surface area contributed by atoms with E-state index in [0.29, 0.717) is 0 Å². The Morgan fingerprint density at radius 1 is 1.04 bits per heavy atom. The van der Waals surface area contributed by atoms with Gasteiger partial charge in [0.25, 0.3) is 0 Å². The van der Waals surface area contributed by atoms with Crippen LogP contribution in [-0.4, -0.2) is 24.5 Å². The lowest BCUT2D eigenvalue weighted by Crippen LogP contribution is -2.42. The zero-order valence-electron chi connectivity index (χ0n) is 16.1. The SMILES string of the molecule is Fc1ccc2occ(CCCCN3CCC4(CC3)OCc3ccccc34)c2c1. The summed E-state index contributed by atoms with van der Waals surface area (Å²) in [7, 11) is 0. The zero-order chi connectivity index (χ0) is 19.0. The number of benzene rings is 2. The smallest absolute Gasteiger partial charge is 0.134 e. The molecule has 4 heteroatoms. The predicted octanol–water partition coefficient (Wildman–Crippen LogP) is 5.42. The molecule has 1 aromatic heterocycles. The highest BCUT2D eigenvalue weighted by atomic mass is 19.1. The number of nitrogens with zero attached hydrogens (tertiary/aromatic N) is 1. The second-order valence-electron chi connectivity index (χ2n) is 8.14. The third-order valence-electron chi connectivity index (χ3n) is 6.46. The van der Waals surface area contributed by atoms with Gasteiger partial charge in [-0.15, -0.1) is 0 Å². The molecule has 0 saturated carbocycles. The summed E-state index contributed by atoms with van der Waals surface area (Å²) >= 11 is 0. The third-order valence-corrected chi connectivity index (χ3v) is 6.46. The summed E-state index contributed by atoms with van der Waals surface area (Å²) in [6, 6.07) is 13.4. The summed E-state index contributed by atoms with van der Waals surface area (Å²) in [5.74, 6) is -0.201. The van der Waals surface area contributed by atoms with Crippen molar-refractivity contribution >= 4 is 11.0 Å². The number of unbranched alkanes of at least 4 members (excludes halogenated alkanes) is 1. The monoisotopic (exact) mass is 379 g/mol. The number of piperidine rings is 1. The van der Waals surface area contributed by atoms with E-state index in [1.165, 1.54) is 17.2 Å². The first-order chi connectivity index (χ1) is 13.7. The number of rotatable bonds is 5. The Hall–Kier alpha value is -2.17. The molecule has 2 aromatic carbocycles. The molecule has 0 radical (unpaired) electrons. The fraction of sp³-hybridized carbons (Fsp3) is 0.417. The number of furan rings is 1. The lowest BCUT2D eigenvalue weighted by atomic mass is 9.84. The van der Waals surface area contributed by atoms with Crippen LogP contribution in [0.5, 0.6) is 0 Å². The van der Waals surface area contributed by atoms with Gasteiger partial charge in [0.1, 0.15) is 11.4 Å². The van der Waals surface area contributed by atoms with Gasteiger partial charge in [-0.3, -0.25) is 0 Å². The number of ether oxygens (including phenoxy) is 1. The molecule has 2 aliphatic rings. The first kappa shape index (κ1) is 17.9. The minimum absolute atomic E-state index is 0.0487. The lowest BCUT2D eigenvalue weighted by molar-refractivity contribution is -0.0788. The third kappa shape index (κ3) is 3.25. The van der Waals surface area contributed by atoms with Crippen LogP contribution >= 0.6 is 0 Å². The molecule has 0 aliphatic carbocycles. The van der Waals surface area contributed by atoms with Crippen molar-refractivity contribution in [1.29, 1.82) is 0 Å². The van der Waals surface area contributed by atoms with Crippen LogP contribution in [0.25, 0.3) is 11.0 Å². The van der Waals surface area contributed by atoms with Crippen molar-refractivity contribution in [2.24, 2.45) is 0 Å². The van der Waals surface area contributed by atoms with Gasteiger partial charge >= 0.3 is 0 Å². The number of likely N-dealkylation sites (tertiary alicyclic amines) is 1. The van der Waals surface area contributed by atoms with Crippen LogP contribution in [-0.2, 0) is 23.4 Å². The lowest BCUT2D eigenvalue weighted by Gasteiger charge is -2.39. The van der Waals surface area contributed by atoms with Crippen molar-refractivity contribution in [3.8, 4) is 0 Å². The maximum absolute atomic E-state index is 13.5. The molecule has 0 amide bonds. The standard InChI is InChI=1S/C24H26FNO2/c25-20-8-9-23-21(15-20)18(16-27-23)5-3-4-12-26-13-10-24(11-14-26)22-7-2-1-6-19(22)17-28-24/h1-2,6-9,15-16H,3-5,10-14,17H2. The average molecular weight is 379 g/mol. The number of fused-ring (bicyclic) bond motifs is 3. The van der Waals surface area contributed by atoms with E-state index in [1.54, 1.807) is 18.4 Å². The van der Waals surface area contributed by atoms with Gasteiger partial charge in [-0.25, -0.2) is 4.39 Å². The topological polar surface area (TPSA) is 25.6 Å². The van der Waals surface area contributed by atoms with Crippen molar-refractivity contribution in [1.82, 2.24) is 4.90 Å². The van der Waals surface area contributed by atoms with E-state index >= 15 is 0 Å². The second kappa shape index (κ2) is 7.34. The van der Waals surface area contributed by atoms with Gasteiger partial charge in [0.15, 0.2) is 0 Å². The highest BCUT2D eigenvalue weighted by molar-refractivity contribution is 5.80. The molecule has 0 atom stereocenters. The van der Waals surface area contributed by atoms with E-state index in [2.05, 4.69) is 29.2 Å². The van der Waals surface area contributed by atoms with E-state index < -0.39 is 0 Å². The molecule has 1 spiro atoms. The number of aryl methyl sites for hydroxylation is 1. The van der Waals surface area contributed by atoms with Gasteiger partial charge in [-0.1, -0.05) is 24.3 Å². The van der Waals surface area contributed by atoms with Crippen molar-refractivity contribution in [3.05, 3.63) is 71.2 Å². The Bertz CT molecular complexity index is 972. The Kier molecular flexibility index (Phi) is 4.69. The second-order valence-corrected chi connectivity index (χ2v) is 8.14. The molecule has 5 rings (SSSR count). The van der Waals surface area contributed by atoms with Gasteiger partial charge in [0.2, 0.25) is 0 Å². The van der Waals surface area contributed by atoms with Crippen LogP contribution in [0.15, 0.2) is 53.1 Å². The number of hydrogen-bond acceptors (Lipinski definition) is 3. The van der Waals surface area contributed by atoms with Crippen molar-refractivity contribution in [2.45, 2.75) is 44.3 Å². The molecular weight excluding hydrogens is 353 g/mol. The highest BCUT2D eigenvalue weighted by Crippen LogP contribution is 2.43. The van der Waals surface area contributed by atoms with Gasteiger partial charge in [0, 0.05) is 18.5 Å². The minimum Gasteiger partial charge on any atom is -0.464 e. The minimum atomic E-state index is -0.201. The molecule has 2 aliphatic heterocycles. The summed E-state index contributed by atoms with van der Waals surface area (Å²) in [5, 5.41) is 0.914. The fourth-order valence-electron chi connectivity index (χ4n) is 4.83. The summed E-state index contributed by atoms with van der Waals surface area (Å²) in [5.41, 5.74) is 4.61. The van der Waals surface area contributed by atoms with Gasteiger partial charge in [-0.05, 0) is 73.5 Å². The normalized spacial score (nSPS) is 18.8. The van der Waals surface area contributed by atoms with Crippen LogP contribution in [0, 0.1) is 5.82 Å². The summed E-state index contributed by atoms with van der Waals surface area (Å²) < 4.78 is 25.3. The van der Waals surface area contributed by atoms with Gasteiger partial charge in [-0.2, -0.15) is 0 Å². The molecule has 3 aromatic rings. The predicted molar refractivity (Wildman–Crippen MR) is 108 cm³/mol. The quantitative estimate of drug-likeness (QED) is 0.554. The highest BCUT2D eigenvalue weighted by Gasteiger charge is 2.42. The first-order valence-electron chi connectivity index (χ1n) is 10.3. The van der Waals surface area contributed by atoms with Crippen LogP contribution in [0.3, 0.4) is 0 Å².